The van der Waals surface area contributed by atoms with Crippen LogP contribution in [0.4, 0.5) is 4.79 Å². The Morgan fingerprint density at radius 2 is 1.94 bits per heavy atom. The first-order chi connectivity index (χ1) is 8.75. The summed E-state index contributed by atoms with van der Waals surface area (Å²) in [6.45, 7) is 0. The maximum absolute atomic E-state index is 11.0. The van der Waals surface area contributed by atoms with E-state index in [-0.39, 0.29) is 12.3 Å². The summed E-state index contributed by atoms with van der Waals surface area (Å²) in [5.74, 6) is 0. The Morgan fingerprint density at radius 3 is 2.56 bits per heavy atom. The van der Waals surface area contributed by atoms with Crippen LogP contribution < -0.4 is 11.1 Å². The van der Waals surface area contributed by atoms with Gasteiger partial charge in [0.15, 0.2) is 0 Å². The van der Waals surface area contributed by atoms with Crippen LogP contribution in [0, 0.1) is 0 Å². The molecule has 0 saturated carbocycles. The van der Waals surface area contributed by atoms with Crippen molar-refractivity contribution in [3.8, 4) is 0 Å². The van der Waals surface area contributed by atoms with Crippen molar-refractivity contribution in [1.82, 2.24) is 5.32 Å². The van der Waals surface area contributed by atoms with Crippen molar-refractivity contribution in [3.05, 3.63) is 48.4 Å². The van der Waals surface area contributed by atoms with Gasteiger partial charge in [0.05, 0.1) is 6.04 Å². The molecule has 1 aliphatic rings. The number of amides is 2. The number of rotatable bonds is 5. The molecule has 0 radical (unpaired) electrons. The van der Waals surface area contributed by atoms with Gasteiger partial charge in [-0.25, -0.2) is 4.79 Å². The summed E-state index contributed by atoms with van der Waals surface area (Å²) in [6.07, 6.45) is 4.13. The molecule has 18 heavy (non-hydrogen) atoms. The van der Waals surface area contributed by atoms with Gasteiger partial charge in [0.1, 0.15) is 12.5 Å². The number of ether oxygens (including phenoxy) is 2. The van der Waals surface area contributed by atoms with E-state index in [4.69, 9.17) is 15.2 Å². The van der Waals surface area contributed by atoms with Crippen LogP contribution in [0.25, 0.3) is 0 Å². The lowest BCUT2D eigenvalue weighted by molar-refractivity contribution is -0.0306. The molecule has 2 rings (SSSR count). The summed E-state index contributed by atoms with van der Waals surface area (Å²) in [5.41, 5.74) is 6.21. The molecular weight excluding hydrogens is 232 g/mol. The monoisotopic (exact) mass is 248 g/mol. The summed E-state index contributed by atoms with van der Waals surface area (Å²) in [4.78, 5) is 11.0. The molecule has 1 aromatic rings. The number of hydrogen-bond acceptors (Lipinski definition) is 3. The van der Waals surface area contributed by atoms with Gasteiger partial charge in [-0.1, -0.05) is 30.3 Å². The third-order valence-corrected chi connectivity index (χ3v) is 2.73. The number of urea groups is 1. The van der Waals surface area contributed by atoms with E-state index in [1.807, 2.05) is 30.3 Å². The highest BCUT2D eigenvalue weighted by molar-refractivity contribution is 5.72. The Kier molecular flexibility index (Phi) is 4.06. The van der Waals surface area contributed by atoms with Crippen molar-refractivity contribution in [2.24, 2.45) is 5.73 Å². The molecule has 1 heterocycles. The van der Waals surface area contributed by atoms with Crippen LogP contribution >= 0.6 is 0 Å². The minimum Gasteiger partial charge on any atom is -0.459 e. The molecule has 1 atom stereocenters. The van der Waals surface area contributed by atoms with Gasteiger partial charge < -0.3 is 20.5 Å². The fourth-order valence-electron chi connectivity index (χ4n) is 1.89. The quantitative estimate of drug-likeness (QED) is 0.837. The van der Waals surface area contributed by atoms with E-state index < -0.39 is 6.03 Å². The SMILES string of the molecule is NC(=O)NC(CCC1OC=CO1)c1ccccc1. The van der Waals surface area contributed by atoms with E-state index in [2.05, 4.69) is 5.32 Å². The largest absolute Gasteiger partial charge is 0.459 e. The molecule has 0 aliphatic carbocycles. The lowest BCUT2D eigenvalue weighted by Gasteiger charge is -2.19. The van der Waals surface area contributed by atoms with Gasteiger partial charge in [-0.3, -0.25) is 0 Å². The van der Waals surface area contributed by atoms with Gasteiger partial charge >= 0.3 is 6.03 Å². The maximum atomic E-state index is 11.0. The molecule has 0 bridgehead atoms. The van der Waals surface area contributed by atoms with Crippen LogP contribution in [0.2, 0.25) is 0 Å². The molecule has 0 spiro atoms. The van der Waals surface area contributed by atoms with E-state index in [1.165, 1.54) is 12.5 Å². The second-order valence-electron chi connectivity index (χ2n) is 4.02. The Labute approximate surface area is 106 Å². The second kappa shape index (κ2) is 5.95. The highest BCUT2D eigenvalue weighted by atomic mass is 16.7. The van der Waals surface area contributed by atoms with E-state index in [0.717, 1.165) is 5.56 Å². The van der Waals surface area contributed by atoms with Crippen LogP contribution in [0.15, 0.2) is 42.9 Å². The number of nitrogens with one attached hydrogen (secondary N) is 1. The predicted octanol–water partition coefficient (Wildman–Crippen LogP) is 2.02. The van der Waals surface area contributed by atoms with Gasteiger partial charge in [0.2, 0.25) is 6.29 Å². The van der Waals surface area contributed by atoms with Gasteiger partial charge in [-0.2, -0.15) is 0 Å². The molecule has 0 aromatic heterocycles. The molecule has 3 N–H and O–H groups in total. The summed E-state index contributed by atoms with van der Waals surface area (Å²) in [6, 6.07) is 9.03. The fourth-order valence-corrected chi connectivity index (χ4v) is 1.89. The lowest BCUT2D eigenvalue weighted by Crippen LogP contribution is -2.33. The van der Waals surface area contributed by atoms with E-state index in [9.17, 15) is 4.79 Å². The zero-order valence-corrected chi connectivity index (χ0v) is 9.91. The van der Waals surface area contributed by atoms with Crippen LogP contribution in [0.5, 0.6) is 0 Å². The van der Waals surface area contributed by atoms with Crippen molar-refractivity contribution >= 4 is 6.03 Å². The number of primary amides is 1. The van der Waals surface area contributed by atoms with Crippen LogP contribution in [-0.2, 0) is 9.47 Å². The normalized spacial score (nSPS) is 15.8. The molecule has 5 nitrogen and oxygen atoms in total. The van der Waals surface area contributed by atoms with Crippen LogP contribution in [-0.4, -0.2) is 12.3 Å². The Balaban J connectivity index is 1.94. The summed E-state index contributed by atoms with van der Waals surface area (Å²) < 4.78 is 10.4. The molecule has 96 valence electrons. The summed E-state index contributed by atoms with van der Waals surface area (Å²) in [5, 5.41) is 2.73. The molecule has 1 aliphatic heterocycles. The molecule has 1 unspecified atom stereocenters. The highest BCUT2D eigenvalue weighted by Gasteiger charge is 2.18. The van der Waals surface area contributed by atoms with E-state index >= 15 is 0 Å². The van der Waals surface area contributed by atoms with Gasteiger partial charge in [0.25, 0.3) is 0 Å². The van der Waals surface area contributed by atoms with Crippen molar-refractivity contribution in [3.63, 3.8) is 0 Å². The minimum absolute atomic E-state index is 0.128. The van der Waals surface area contributed by atoms with Crippen molar-refractivity contribution < 1.29 is 14.3 Å². The molecule has 1 aromatic carbocycles. The second-order valence-corrected chi connectivity index (χ2v) is 4.02. The first-order valence-corrected chi connectivity index (χ1v) is 5.82. The van der Waals surface area contributed by atoms with Gasteiger partial charge in [-0.15, -0.1) is 0 Å². The first-order valence-electron chi connectivity index (χ1n) is 5.82. The Hall–Kier alpha value is -2.17. The number of hydrogen-bond donors (Lipinski definition) is 2. The van der Waals surface area contributed by atoms with Crippen LogP contribution in [0.1, 0.15) is 24.4 Å². The highest BCUT2D eigenvalue weighted by Crippen LogP contribution is 2.21. The number of nitrogens with two attached hydrogens (primary N) is 1. The molecular formula is C13H16N2O3. The average molecular weight is 248 g/mol. The molecule has 0 fully saturated rings. The van der Waals surface area contributed by atoms with E-state index in [1.54, 1.807) is 0 Å². The van der Waals surface area contributed by atoms with Gasteiger partial charge in [0, 0.05) is 6.42 Å². The average Bonchev–Trinajstić information content (AvgIpc) is 2.88. The Morgan fingerprint density at radius 1 is 1.28 bits per heavy atom. The Bertz CT molecular complexity index is 412. The predicted molar refractivity (Wildman–Crippen MR) is 66.2 cm³/mol. The van der Waals surface area contributed by atoms with Crippen molar-refractivity contribution in [2.75, 3.05) is 0 Å². The third-order valence-electron chi connectivity index (χ3n) is 2.73. The third kappa shape index (κ3) is 3.41. The zero-order chi connectivity index (χ0) is 12.8. The van der Waals surface area contributed by atoms with Gasteiger partial charge in [-0.05, 0) is 12.0 Å². The number of carbonyl (C=O) groups is 1. The summed E-state index contributed by atoms with van der Waals surface area (Å²) >= 11 is 0. The maximum Gasteiger partial charge on any atom is 0.312 e. The lowest BCUT2D eigenvalue weighted by atomic mass is 10.0. The van der Waals surface area contributed by atoms with Crippen molar-refractivity contribution in [2.45, 2.75) is 25.2 Å². The summed E-state index contributed by atoms with van der Waals surface area (Å²) in [7, 11) is 0. The fraction of sp³-hybridized carbons (Fsp3) is 0.308. The molecule has 2 amide bonds. The topological polar surface area (TPSA) is 73.6 Å². The zero-order valence-electron chi connectivity index (χ0n) is 9.91. The standard InChI is InChI=1S/C13H16N2O3/c14-13(16)15-11(10-4-2-1-3-5-10)6-7-12-17-8-9-18-12/h1-5,8-9,11-12H,6-7H2,(H3,14,15,16). The molecule has 5 heteroatoms. The minimum atomic E-state index is -0.532. The number of benzene rings is 1. The van der Waals surface area contributed by atoms with Crippen molar-refractivity contribution in [1.29, 1.82) is 0 Å². The first kappa shape index (κ1) is 12.3. The van der Waals surface area contributed by atoms with Crippen LogP contribution in [0.3, 0.4) is 0 Å². The van der Waals surface area contributed by atoms with E-state index in [0.29, 0.717) is 12.8 Å². The number of carbonyl (C=O) groups excluding carboxylic acids is 1. The molecule has 0 saturated heterocycles. The smallest absolute Gasteiger partial charge is 0.312 e.